The van der Waals surface area contributed by atoms with Crippen molar-refractivity contribution in [2.24, 2.45) is 5.73 Å². The summed E-state index contributed by atoms with van der Waals surface area (Å²) in [6.07, 6.45) is -0.384. The van der Waals surface area contributed by atoms with Gasteiger partial charge in [-0.1, -0.05) is 0 Å². The van der Waals surface area contributed by atoms with Crippen LogP contribution in [-0.2, 0) is 9.36 Å². The Bertz CT molecular complexity index is 136. The van der Waals surface area contributed by atoms with Crippen LogP contribution in [0.5, 0.6) is 0 Å². The second-order valence-electron chi connectivity index (χ2n) is 1.48. The molecule has 5 nitrogen and oxygen atoms in total. The molecule has 0 bridgehead atoms. The van der Waals surface area contributed by atoms with Gasteiger partial charge in [-0.15, -0.1) is 0 Å². The van der Waals surface area contributed by atoms with Gasteiger partial charge in [0.15, 0.2) is 6.04 Å². The summed E-state index contributed by atoms with van der Waals surface area (Å²) in [4.78, 5) is 18.0. The average molecular weight is 152 g/mol. The van der Waals surface area contributed by atoms with E-state index in [1.54, 1.807) is 0 Å². The fraction of sp³-hybridized carbons (Fsp3) is 0.667. The lowest BCUT2D eigenvalue weighted by atomic mass is 10.4. The maximum absolute atomic E-state index is 9.92. The number of carboxylic acids is 1. The number of carboxylic acid groups (broad SMARTS) is 1. The van der Waals surface area contributed by atoms with Crippen molar-refractivity contribution in [3.05, 3.63) is 0 Å². The molecular weight excluding hydrogens is 145 g/mol. The molecule has 0 aromatic heterocycles. The van der Waals surface area contributed by atoms with E-state index in [1.807, 2.05) is 0 Å². The third-order valence-electron chi connectivity index (χ3n) is 0.670. The first-order valence-corrected chi connectivity index (χ1v) is 3.55. The predicted octanol–water partition coefficient (Wildman–Crippen LogP) is -0.867. The molecule has 52 valence electrons. The maximum atomic E-state index is 9.92. The predicted molar refractivity (Wildman–Crippen MR) is 30.3 cm³/mol. The van der Waals surface area contributed by atoms with Gasteiger partial charge in [0.05, 0.1) is 0 Å². The molecule has 0 rings (SSSR count). The highest BCUT2D eigenvalue weighted by molar-refractivity contribution is 7.38. The second-order valence-corrected chi connectivity index (χ2v) is 2.55. The third-order valence-corrected chi connectivity index (χ3v) is 1.38. The minimum absolute atomic E-state index is 0.384. The third kappa shape index (κ3) is 4.02. The molecular formula is C3H7NO4P+. The van der Waals surface area contributed by atoms with E-state index in [0.717, 1.165) is 0 Å². The molecule has 4 N–H and O–H groups in total. The Morgan fingerprint density at radius 3 is 2.33 bits per heavy atom. The smallest absolute Gasteiger partial charge is 0.480 e. The van der Waals surface area contributed by atoms with E-state index in [-0.39, 0.29) is 6.16 Å². The first kappa shape index (κ1) is 8.49. The highest BCUT2D eigenvalue weighted by Gasteiger charge is 2.23. The normalized spacial score (nSPS) is 14.7. The Hall–Kier alpha value is -0.510. The van der Waals surface area contributed by atoms with Crippen molar-refractivity contribution in [2.45, 2.75) is 6.04 Å². The van der Waals surface area contributed by atoms with Crippen LogP contribution in [0.2, 0.25) is 0 Å². The molecule has 0 saturated heterocycles. The van der Waals surface area contributed by atoms with Gasteiger partial charge in [0, 0.05) is 0 Å². The van der Waals surface area contributed by atoms with Crippen molar-refractivity contribution in [1.82, 2.24) is 0 Å². The monoisotopic (exact) mass is 152 g/mol. The zero-order chi connectivity index (χ0) is 7.44. The van der Waals surface area contributed by atoms with Gasteiger partial charge < -0.3 is 10.8 Å². The molecule has 0 saturated carbocycles. The Kier molecular flexibility index (Phi) is 3.30. The molecule has 0 aliphatic rings. The van der Waals surface area contributed by atoms with Crippen LogP contribution in [0.3, 0.4) is 0 Å². The maximum Gasteiger partial charge on any atom is 0.507 e. The summed E-state index contributed by atoms with van der Waals surface area (Å²) in [5, 5.41) is 8.07. The quantitative estimate of drug-likeness (QED) is 0.456. The van der Waals surface area contributed by atoms with Crippen molar-refractivity contribution in [1.29, 1.82) is 0 Å². The van der Waals surface area contributed by atoms with Gasteiger partial charge in [-0.25, -0.2) is 0 Å². The lowest BCUT2D eigenvalue weighted by Crippen LogP contribution is -2.32. The Morgan fingerprint density at radius 1 is 1.78 bits per heavy atom. The molecule has 0 amide bonds. The van der Waals surface area contributed by atoms with Crippen LogP contribution in [0.4, 0.5) is 0 Å². The van der Waals surface area contributed by atoms with Crippen LogP contribution >= 0.6 is 8.03 Å². The van der Waals surface area contributed by atoms with Crippen LogP contribution < -0.4 is 5.73 Å². The van der Waals surface area contributed by atoms with Crippen LogP contribution in [-0.4, -0.2) is 28.2 Å². The fourth-order valence-electron chi connectivity index (χ4n) is 0.246. The molecule has 0 spiro atoms. The minimum Gasteiger partial charge on any atom is -0.480 e. The van der Waals surface area contributed by atoms with Crippen molar-refractivity contribution < 1.29 is 19.4 Å². The van der Waals surface area contributed by atoms with E-state index < -0.39 is 20.0 Å². The molecule has 0 aliphatic heterocycles. The molecule has 2 unspecified atom stereocenters. The van der Waals surface area contributed by atoms with Crippen molar-refractivity contribution in [2.75, 3.05) is 6.16 Å². The van der Waals surface area contributed by atoms with Crippen molar-refractivity contribution >= 4 is 14.0 Å². The first-order chi connectivity index (χ1) is 4.04. The summed E-state index contributed by atoms with van der Waals surface area (Å²) in [7, 11) is -2.43. The first-order valence-electron chi connectivity index (χ1n) is 2.16. The number of carbonyl (C=O) groups is 1. The van der Waals surface area contributed by atoms with E-state index in [1.165, 1.54) is 0 Å². The Balaban J connectivity index is 3.63. The van der Waals surface area contributed by atoms with Gasteiger partial charge in [0.1, 0.15) is 0 Å². The molecule has 0 aliphatic carbocycles. The molecule has 0 radical (unpaired) electrons. The Labute approximate surface area is 52.4 Å². The molecule has 0 aromatic carbocycles. The van der Waals surface area contributed by atoms with Crippen molar-refractivity contribution in [3.63, 3.8) is 0 Å². The number of aliphatic carboxylic acids is 1. The van der Waals surface area contributed by atoms with Gasteiger partial charge in [0.25, 0.3) is 0 Å². The molecule has 6 heteroatoms. The van der Waals surface area contributed by atoms with Crippen LogP contribution in [0.15, 0.2) is 0 Å². The van der Waals surface area contributed by atoms with E-state index in [4.69, 9.17) is 15.7 Å². The summed E-state index contributed by atoms with van der Waals surface area (Å²) >= 11 is 0. The van der Waals surface area contributed by atoms with E-state index in [9.17, 15) is 9.36 Å². The van der Waals surface area contributed by atoms with Gasteiger partial charge in [-0.2, -0.15) is 4.89 Å². The zero-order valence-electron chi connectivity index (χ0n) is 4.52. The number of rotatable bonds is 3. The zero-order valence-corrected chi connectivity index (χ0v) is 5.41. The summed E-state index contributed by atoms with van der Waals surface area (Å²) in [6.45, 7) is 0. The summed E-state index contributed by atoms with van der Waals surface area (Å²) in [5.74, 6) is -1.26. The van der Waals surface area contributed by atoms with E-state index in [0.29, 0.717) is 0 Å². The molecule has 9 heavy (non-hydrogen) atoms. The molecule has 0 fully saturated rings. The topological polar surface area (TPSA) is 101 Å². The summed E-state index contributed by atoms with van der Waals surface area (Å²) < 4.78 is 9.92. The number of hydrogen-bond acceptors (Lipinski definition) is 3. The van der Waals surface area contributed by atoms with Crippen LogP contribution in [0.25, 0.3) is 0 Å². The lowest BCUT2D eigenvalue weighted by molar-refractivity contribution is -0.138. The van der Waals surface area contributed by atoms with Gasteiger partial charge in [-0.05, 0) is 4.57 Å². The van der Waals surface area contributed by atoms with E-state index >= 15 is 0 Å². The Morgan fingerprint density at radius 2 is 2.22 bits per heavy atom. The number of hydrogen-bond donors (Lipinski definition) is 3. The SMILES string of the molecule is NC(C[P+](=O)O)C(=O)O. The highest BCUT2D eigenvalue weighted by Crippen LogP contribution is 2.12. The fourth-order valence-corrected chi connectivity index (χ4v) is 0.739. The molecule has 0 aromatic rings. The minimum atomic E-state index is -2.43. The standard InChI is InChI=1S/C3H6NO4P/c4-2(3(5)6)1-9(7)8/h2H,1,4H2,(H-,5,6,7,8)/p+1. The average Bonchev–Trinajstić information content (AvgIpc) is 1.63. The highest BCUT2D eigenvalue weighted by atomic mass is 31.1. The van der Waals surface area contributed by atoms with Crippen LogP contribution in [0.1, 0.15) is 0 Å². The molecule has 2 atom stereocenters. The van der Waals surface area contributed by atoms with Gasteiger partial charge in [0.2, 0.25) is 6.16 Å². The summed E-state index contributed by atoms with van der Waals surface area (Å²) in [5.41, 5.74) is 4.87. The lowest BCUT2D eigenvalue weighted by Gasteiger charge is -1.93. The second kappa shape index (κ2) is 3.50. The van der Waals surface area contributed by atoms with Crippen molar-refractivity contribution in [3.8, 4) is 0 Å². The van der Waals surface area contributed by atoms with E-state index in [2.05, 4.69) is 0 Å². The van der Waals surface area contributed by atoms with Gasteiger partial charge in [-0.3, -0.25) is 4.79 Å². The van der Waals surface area contributed by atoms with Gasteiger partial charge >= 0.3 is 14.0 Å². The largest absolute Gasteiger partial charge is 0.507 e. The summed E-state index contributed by atoms with van der Waals surface area (Å²) in [6, 6.07) is -1.22. The number of nitrogens with two attached hydrogens (primary N) is 1. The van der Waals surface area contributed by atoms with Crippen LogP contribution in [0, 0.1) is 0 Å². The molecule has 0 heterocycles.